The first-order valence-electron chi connectivity index (χ1n) is 6.25. The molecule has 0 radical (unpaired) electrons. The summed E-state index contributed by atoms with van der Waals surface area (Å²) in [5.74, 6) is 0. The molecule has 0 aromatic heterocycles. The zero-order valence-electron chi connectivity index (χ0n) is 11.2. The van der Waals surface area contributed by atoms with Gasteiger partial charge in [-0.3, -0.25) is 0 Å². The van der Waals surface area contributed by atoms with E-state index in [1.54, 1.807) is 0 Å². The normalized spacial score (nSPS) is 11.5. The van der Waals surface area contributed by atoms with Crippen LogP contribution >= 0.6 is 7.14 Å². The van der Waals surface area contributed by atoms with Crippen LogP contribution in [0.4, 0.5) is 0 Å². The Morgan fingerprint density at radius 2 is 1.56 bits per heavy atom. The molecule has 0 spiro atoms. The van der Waals surface area contributed by atoms with Crippen molar-refractivity contribution in [3.05, 3.63) is 54.1 Å². The van der Waals surface area contributed by atoms with Crippen LogP contribution in [-0.4, -0.2) is 13.3 Å². The van der Waals surface area contributed by atoms with Crippen LogP contribution in [0, 0.1) is 0 Å². The third kappa shape index (κ3) is 2.91. The highest BCUT2D eigenvalue weighted by Crippen LogP contribution is 2.35. The SMILES string of the molecule is CCc1cccc(-c2cccc(P(C)(C)=O)c2)c1. The van der Waals surface area contributed by atoms with Gasteiger partial charge in [-0.25, -0.2) is 0 Å². The third-order valence-electron chi connectivity index (χ3n) is 3.14. The molecule has 0 bridgehead atoms. The maximum Gasteiger partial charge on any atom is 0.109 e. The number of aryl methyl sites for hydroxylation is 1. The van der Waals surface area contributed by atoms with Gasteiger partial charge >= 0.3 is 0 Å². The van der Waals surface area contributed by atoms with Crippen molar-refractivity contribution in [1.82, 2.24) is 0 Å². The van der Waals surface area contributed by atoms with Crippen LogP contribution in [0.5, 0.6) is 0 Å². The van der Waals surface area contributed by atoms with E-state index in [2.05, 4.69) is 43.3 Å². The fourth-order valence-electron chi connectivity index (χ4n) is 1.99. The number of hydrogen-bond donors (Lipinski definition) is 0. The van der Waals surface area contributed by atoms with Gasteiger partial charge in [0.05, 0.1) is 0 Å². The summed E-state index contributed by atoms with van der Waals surface area (Å²) in [5, 5.41) is 0.946. The van der Waals surface area contributed by atoms with Crippen molar-refractivity contribution in [2.45, 2.75) is 13.3 Å². The Hall–Kier alpha value is -1.33. The van der Waals surface area contributed by atoms with E-state index in [4.69, 9.17) is 0 Å². The van der Waals surface area contributed by atoms with Crippen LogP contribution in [-0.2, 0) is 11.0 Å². The van der Waals surface area contributed by atoms with Gasteiger partial charge in [0, 0.05) is 5.30 Å². The highest BCUT2D eigenvalue weighted by molar-refractivity contribution is 7.70. The molecule has 0 aliphatic heterocycles. The van der Waals surface area contributed by atoms with Crippen molar-refractivity contribution in [2.24, 2.45) is 0 Å². The Labute approximate surface area is 109 Å². The van der Waals surface area contributed by atoms with Crippen LogP contribution in [0.25, 0.3) is 11.1 Å². The number of hydrogen-bond acceptors (Lipinski definition) is 1. The number of benzene rings is 2. The lowest BCUT2D eigenvalue weighted by atomic mass is 10.0. The van der Waals surface area contributed by atoms with Crippen LogP contribution in [0.1, 0.15) is 12.5 Å². The van der Waals surface area contributed by atoms with Crippen molar-refractivity contribution in [1.29, 1.82) is 0 Å². The first-order chi connectivity index (χ1) is 8.50. The van der Waals surface area contributed by atoms with Crippen LogP contribution in [0.2, 0.25) is 0 Å². The molecule has 2 rings (SSSR count). The summed E-state index contributed by atoms with van der Waals surface area (Å²) in [6.07, 6.45) is 1.04. The number of rotatable bonds is 3. The van der Waals surface area contributed by atoms with Gasteiger partial charge in [0.2, 0.25) is 0 Å². The molecule has 0 unspecified atom stereocenters. The van der Waals surface area contributed by atoms with Gasteiger partial charge in [0.25, 0.3) is 0 Å². The molecule has 0 saturated carbocycles. The quantitative estimate of drug-likeness (QED) is 0.755. The lowest BCUT2D eigenvalue weighted by molar-refractivity contribution is 0.588. The molecule has 1 nitrogen and oxygen atoms in total. The minimum absolute atomic E-state index is 0.946. The Kier molecular flexibility index (Phi) is 3.73. The van der Waals surface area contributed by atoms with E-state index in [9.17, 15) is 4.57 Å². The fourth-order valence-corrected chi connectivity index (χ4v) is 2.89. The second kappa shape index (κ2) is 5.12. The van der Waals surface area contributed by atoms with Gasteiger partial charge in [-0.1, -0.05) is 49.4 Å². The molecular weight excluding hydrogens is 239 g/mol. The molecule has 0 saturated heterocycles. The van der Waals surface area contributed by atoms with E-state index in [0.29, 0.717) is 0 Å². The second-order valence-electron chi connectivity index (χ2n) is 4.96. The zero-order valence-corrected chi connectivity index (χ0v) is 12.1. The largest absolute Gasteiger partial charge is 0.319 e. The summed E-state index contributed by atoms with van der Waals surface area (Å²) < 4.78 is 12.1. The maximum absolute atomic E-state index is 12.1. The van der Waals surface area contributed by atoms with Crippen molar-refractivity contribution >= 4 is 12.4 Å². The van der Waals surface area contributed by atoms with Crippen molar-refractivity contribution < 1.29 is 4.57 Å². The monoisotopic (exact) mass is 258 g/mol. The molecule has 94 valence electrons. The van der Waals surface area contributed by atoms with E-state index >= 15 is 0 Å². The molecule has 0 atom stereocenters. The minimum atomic E-state index is -2.18. The third-order valence-corrected chi connectivity index (χ3v) is 4.66. The summed E-state index contributed by atoms with van der Waals surface area (Å²) in [4.78, 5) is 0. The molecule has 0 heterocycles. The molecule has 2 aromatic rings. The summed E-state index contributed by atoms with van der Waals surface area (Å²) in [6.45, 7) is 5.78. The summed E-state index contributed by atoms with van der Waals surface area (Å²) in [5.41, 5.74) is 3.67. The average molecular weight is 258 g/mol. The summed E-state index contributed by atoms with van der Waals surface area (Å²) in [7, 11) is -2.18. The molecule has 2 aromatic carbocycles. The molecule has 18 heavy (non-hydrogen) atoms. The van der Waals surface area contributed by atoms with Gasteiger partial charge in [-0.15, -0.1) is 0 Å². The summed E-state index contributed by atoms with van der Waals surface area (Å²) in [6, 6.07) is 16.6. The van der Waals surface area contributed by atoms with Gasteiger partial charge in [-0.05, 0) is 42.5 Å². The fraction of sp³-hybridized carbons (Fsp3) is 0.250. The van der Waals surface area contributed by atoms with Crippen LogP contribution in [0.15, 0.2) is 48.5 Å². The minimum Gasteiger partial charge on any atom is -0.319 e. The highest BCUT2D eigenvalue weighted by atomic mass is 31.2. The zero-order chi connectivity index (χ0) is 13.2. The van der Waals surface area contributed by atoms with Gasteiger partial charge < -0.3 is 4.57 Å². The van der Waals surface area contributed by atoms with Crippen LogP contribution in [0.3, 0.4) is 0 Å². The predicted molar refractivity (Wildman–Crippen MR) is 80.3 cm³/mol. The van der Waals surface area contributed by atoms with Gasteiger partial charge in [0.1, 0.15) is 7.14 Å². The van der Waals surface area contributed by atoms with E-state index in [0.717, 1.165) is 17.3 Å². The molecule has 0 aliphatic rings. The van der Waals surface area contributed by atoms with Crippen molar-refractivity contribution in [3.63, 3.8) is 0 Å². The van der Waals surface area contributed by atoms with Gasteiger partial charge in [0.15, 0.2) is 0 Å². The molecule has 0 aliphatic carbocycles. The standard InChI is InChI=1S/C16H19OP/c1-4-13-7-5-8-14(11-13)15-9-6-10-16(12-15)18(2,3)17/h5-12H,4H2,1-3H3. The topological polar surface area (TPSA) is 17.1 Å². The molecule has 0 fully saturated rings. The van der Waals surface area contributed by atoms with Crippen LogP contribution < -0.4 is 5.30 Å². The Morgan fingerprint density at radius 1 is 0.944 bits per heavy atom. The lowest BCUT2D eigenvalue weighted by Crippen LogP contribution is -2.02. The Balaban J connectivity index is 2.48. The first kappa shape index (κ1) is 13.1. The molecular formula is C16H19OP. The Bertz CT molecular complexity index is 596. The van der Waals surface area contributed by atoms with Crippen molar-refractivity contribution in [3.8, 4) is 11.1 Å². The van der Waals surface area contributed by atoms with Crippen molar-refractivity contribution in [2.75, 3.05) is 13.3 Å². The van der Waals surface area contributed by atoms with E-state index < -0.39 is 7.14 Å². The molecule has 0 amide bonds. The molecule has 0 N–H and O–H groups in total. The smallest absolute Gasteiger partial charge is 0.109 e. The van der Waals surface area contributed by atoms with E-state index in [-0.39, 0.29) is 0 Å². The van der Waals surface area contributed by atoms with E-state index in [1.807, 2.05) is 25.5 Å². The summed E-state index contributed by atoms with van der Waals surface area (Å²) >= 11 is 0. The Morgan fingerprint density at radius 3 is 2.17 bits per heavy atom. The molecule has 2 heteroatoms. The highest BCUT2D eigenvalue weighted by Gasteiger charge is 2.11. The lowest BCUT2D eigenvalue weighted by Gasteiger charge is -2.10. The van der Waals surface area contributed by atoms with E-state index in [1.165, 1.54) is 11.1 Å². The van der Waals surface area contributed by atoms with Gasteiger partial charge in [-0.2, -0.15) is 0 Å². The maximum atomic E-state index is 12.1. The predicted octanol–water partition coefficient (Wildman–Crippen LogP) is 4.16. The second-order valence-corrected chi connectivity index (χ2v) is 8.17. The average Bonchev–Trinajstić information content (AvgIpc) is 2.38. The first-order valence-corrected chi connectivity index (χ1v) is 8.86.